The summed E-state index contributed by atoms with van der Waals surface area (Å²) in [6.07, 6.45) is -0.105. The summed E-state index contributed by atoms with van der Waals surface area (Å²) < 4.78 is 33.6. The first kappa shape index (κ1) is 17.2. The third kappa shape index (κ3) is 3.45. The summed E-state index contributed by atoms with van der Waals surface area (Å²) in [5.41, 5.74) is 1.66. The molecule has 0 amide bonds. The lowest BCUT2D eigenvalue weighted by Gasteiger charge is -2.36. The van der Waals surface area contributed by atoms with Gasteiger partial charge in [-0.05, 0) is 53.9 Å². The zero-order chi connectivity index (χ0) is 15.8. The van der Waals surface area contributed by atoms with Crippen LogP contribution in [-0.4, -0.2) is 38.0 Å². The summed E-state index contributed by atoms with van der Waals surface area (Å²) in [6.45, 7) is 6.37. The van der Waals surface area contributed by atoms with Gasteiger partial charge in [0.05, 0.1) is 17.6 Å². The lowest BCUT2D eigenvalue weighted by atomic mass is 10.2. The standard InChI is InChI=1S/C14H19BrClNO3S/c1-9-4-12(6-16)5-13(14(9)15)21(18,19)17-7-11(3)20-8-10(17)2/h4-5,10-11H,6-8H2,1-3H3. The summed E-state index contributed by atoms with van der Waals surface area (Å²) in [5.74, 6) is 0.283. The smallest absolute Gasteiger partial charge is 0.244 e. The average molecular weight is 397 g/mol. The van der Waals surface area contributed by atoms with Gasteiger partial charge in [0.2, 0.25) is 10.0 Å². The average Bonchev–Trinajstić information content (AvgIpc) is 2.43. The molecule has 1 heterocycles. The first-order valence-corrected chi connectivity index (χ1v) is 9.52. The van der Waals surface area contributed by atoms with E-state index < -0.39 is 10.0 Å². The van der Waals surface area contributed by atoms with Gasteiger partial charge in [0, 0.05) is 22.9 Å². The maximum absolute atomic E-state index is 13.0. The van der Waals surface area contributed by atoms with Crippen molar-refractivity contribution >= 4 is 37.6 Å². The van der Waals surface area contributed by atoms with Crippen LogP contribution in [0.3, 0.4) is 0 Å². The van der Waals surface area contributed by atoms with Crippen molar-refractivity contribution in [1.82, 2.24) is 4.31 Å². The fraction of sp³-hybridized carbons (Fsp3) is 0.571. The van der Waals surface area contributed by atoms with Gasteiger partial charge >= 0.3 is 0 Å². The molecule has 4 nitrogen and oxygen atoms in total. The highest BCUT2D eigenvalue weighted by atomic mass is 79.9. The highest BCUT2D eigenvalue weighted by molar-refractivity contribution is 9.10. The van der Waals surface area contributed by atoms with Crippen LogP contribution >= 0.6 is 27.5 Å². The van der Waals surface area contributed by atoms with E-state index in [0.717, 1.165) is 11.1 Å². The number of alkyl halides is 1. The minimum Gasteiger partial charge on any atom is -0.375 e. The minimum atomic E-state index is -3.58. The zero-order valence-electron chi connectivity index (χ0n) is 12.3. The van der Waals surface area contributed by atoms with Crippen LogP contribution in [0.2, 0.25) is 0 Å². The number of rotatable bonds is 3. The number of hydrogen-bond acceptors (Lipinski definition) is 3. The molecule has 0 aromatic heterocycles. The fourth-order valence-corrected chi connectivity index (χ4v) is 5.29. The number of hydrogen-bond donors (Lipinski definition) is 0. The Hall–Kier alpha value is -0.140. The molecule has 2 atom stereocenters. The van der Waals surface area contributed by atoms with E-state index in [1.54, 1.807) is 6.07 Å². The molecule has 0 saturated carbocycles. The number of aryl methyl sites for hydroxylation is 1. The Morgan fingerprint density at radius 2 is 2.10 bits per heavy atom. The molecule has 1 aromatic carbocycles. The molecule has 21 heavy (non-hydrogen) atoms. The van der Waals surface area contributed by atoms with Crippen molar-refractivity contribution < 1.29 is 13.2 Å². The van der Waals surface area contributed by atoms with E-state index in [-0.39, 0.29) is 22.9 Å². The van der Waals surface area contributed by atoms with Gasteiger partial charge in [-0.1, -0.05) is 6.07 Å². The van der Waals surface area contributed by atoms with E-state index in [9.17, 15) is 8.42 Å². The lowest BCUT2D eigenvalue weighted by molar-refractivity contribution is -0.0170. The normalized spacial score (nSPS) is 24.2. The van der Waals surface area contributed by atoms with Crippen LogP contribution in [0.1, 0.15) is 25.0 Å². The molecule has 1 aromatic rings. The van der Waals surface area contributed by atoms with Gasteiger partial charge in [-0.25, -0.2) is 8.42 Å². The Kier molecular flexibility index (Phi) is 5.36. The number of halogens is 2. The second-order valence-corrected chi connectivity index (χ2v) is 8.35. The number of sulfonamides is 1. The Labute approximate surface area is 139 Å². The largest absolute Gasteiger partial charge is 0.375 e. The van der Waals surface area contributed by atoms with E-state index in [4.69, 9.17) is 16.3 Å². The highest BCUT2D eigenvalue weighted by Crippen LogP contribution is 2.32. The maximum Gasteiger partial charge on any atom is 0.244 e. The van der Waals surface area contributed by atoms with Crippen LogP contribution in [0.5, 0.6) is 0 Å². The molecule has 1 aliphatic heterocycles. The van der Waals surface area contributed by atoms with Crippen LogP contribution in [0.25, 0.3) is 0 Å². The quantitative estimate of drug-likeness (QED) is 0.737. The molecule has 0 bridgehead atoms. The third-order valence-corrected chi connectivity index (χ3v) is 7.20. The van der Waals surface area contributed by atoms with Gasteiger partial charge < -0.3 is 4.74 Å². The van der Waals surface area contributed by atoms with Crippen molar-refractivity contribution in [2.75, 3.05) is 13.2 Å². The molecular weight excluding hydrogens is 378 g/mol. The number of benzene rings is 1. The topological polar surface area (TPSA) is 46.6 Å². The van der Waals surface area contributed by atoms with E-state index in [2.05, 4.69) is 15.9 Å². The number of nitrogens with zero attached hydrogens (tertiary/aromatic N) is 1. The summed E-state index contributed by atoms with van der Waals surface area (Å²) in [5, 5.41) is 0. The highest BCUT2D eigenvalue weighted by Gasteiger charge is 2.35. The van der Waals surface area contributed by atoms with Crippen molar-refractivity contribution in [2.45, 2.75) is 43.7 Å². The summed E-state index contributed by atoms with van der Waals surface area (Å²) in [7, 11) is -3.58. The molecule has 2 rings (SSSR count). The van der Waals surface area contributed by atoms with Gasteiger partial charge in [0.15, 0.2) is 0 Å². The third-order valence-electron chi connectivity index (χ3n) is 3.57. The lowest BCUT2D eigenvalue weighted by Crippen LogP contribution is -2.50. The van der Waals surface area contributed by atoms with Crippen LogP contribution in [-0.2, 0) is 20.6 Å². The Morgan fingerprint density at radius 1 is 1.43 bits per heavy atom. The molecule has 0 radical (unpaired) electrons. The van der Waals surface area contributed by atoms with E-state index in [1.807, 2.05) is 26.8 Å². The second kappa shape index (κ2) is 6.54. The van der Waals surface area contributed by atoms with Crippen molar-refractivity contribution in [3.63, 3.8) is 0 Å². The van der Waals surface area contributed by atoms with Crippen LogP contribution < -0.4 is 0 Å². The van der Waals surface area contributed by atoms with Crippen molar-refractivity contribution in [1.29, 1.82) is 0 Å². The number of ether oxygens (including phenoxy) is 1. The van der Waals surface area contributed by atoms with E-state index >= 15 is 0 Å². The predicted octanol–water partition coefficient (Wildman–Crippen LogP) is 3.29. The molecule has 1 fully saturated rings. The van der Waals surface area contributed by atoms with Crippen molar-refractivity contribution in [3.05, 3.63) is 27.7 Å². The van der Waals surface area contributed by atoms with Gasteiger partial charge in [-0.2, -0.15) is 4.31 Å². The maximum atomic E-state index is 13.0. The SMILES string of the molecule is Cc1cc(CCl)cc(S(=O)(=O)N2CC(C)OCC2C)c1Br. The van der Waals surface area contributed by atoms with Crippen molar-refractivity contribution in [3.8, 4) is 0 Å². The molecule has 0 spiro atoms. The van der Waals surface area contributed by atoms with Gasteiger partial charge in [0.1, 0.15) is 0 Å². The van der Waals surface area contributed by atoms with E-state index in [0.29, 0.717) is 17.6 Å². The Bertz CT molecular complexity index is 635. The molecule has 7 heteroatoms. The molecule has 2 unspecified atom stereocenters. The first-order chi connectivity index (χ1) is 9.77. The molecule has 0 aliphatic carbocycles. The van der Waals surface area contributed by atoms with Crippen LogP contribution in [0.15, 0.2) is 21.5 Å². The summed E-state index contributed by atoms with van der Waals surface area (Å²) in [4.78, 5) is 0.277. The second-order valence-electron chi connectivity index (χ2n) is 5.43. The Morgan fingerprint density at radius 3 is 2.71 bits per heavy atom. The molecule has 1 aliphatic rings. The zero-order valence-corrected chi connectivity index (χ0v) is 15.4. The van der Waals surface area contributed by atoms with E-state index in [1.165, 1.54) is 4.31 Å². The summed E-state index contributed by atoms with van der Waals surface area (Å²) in [6, 6.07) is 3.35. The summed E-state index contributed by atoms with van der Waals surface area (Å²) >= 11 is 9.27. The molecular formula is C14H19BrClNO3S. The van der Waals surface area contributed by atoms with Crippen LogP contribution in [0.4, 0.5) is 0 Å². The first-order valence-electron chi connectivity index (χ1n) is 6.75. The molecule has 0 N–H and O–H groups in total. The predicted molar refractivity (Wildman–Crippen MR) is 87.2 cm³/mol. The van der Waals surface area contributed by atoms with Crippen molar-refractivity contribution in [2.24, 2.45) is 0 Å². The van der Waals surface area contributed by atoms with Gasteiger partial charge in [-0.15, -0.1) is 11.6 Å². The van der Waals surface area contributed by atoms with Gasteiger partial charge in [-0.3, -0.25) is 0 Å². The molecule has 1 saturated heterocycles. The monoisotopic (exact) mass is 395 g/mol. The van der Waals surface area contributed by atoms with Gasteiger partial charge in [0.25, 0.3) is 0 Å². The minimum absolute atomic E-state index is 0.105. The van der Waals surface area contributed by atoms with Crippen LogP contribution in [0, 0.1) is 6.92 Å². The fourth-order valence-electron chi connectivity index (χ4n) is 2.41. The Balaban J connectivity index is 2.51. The number of morpholine rings is 1. The molecule has 118 valence electrons.